The van der Waals surface area contributed by atoms with Crippen molar-refractivity contribution in [1.82, 2.24) is 5.32 Å². The molecule has 0 aromatic heterocycles. The van der Waals surface area contributed by atoms with Crippen LogP contribution in [0, 0.1) is 5.82 Å². The molecule has 0 heterocycles. The van der Waals surface area contributed by atoms with E-state index in [0.29, 0.717) is 24.5 Å². The van der Waals surface area contributed by atoms with E-state index in [2.05, 4.69) is 5.32 Å². The zero-order valence-electron chi connectivity index (χ0n) is 12.9. The van der Waals surface area contributed by atoms with Crippen LogP contribution in [-0.4, -0.2) is 25.2 Å². The molecular weight excluding hydrogens is 273 g/mol. The van der Waals surface area contributed by atoms with E-state index in [4.69, 9.17) is 9.47 Å². The molecule has 0 unspecified atom stereocenters. The summed E-state index contributed by atoms with van der Waals surface area (Å²) in [6.07, 6.45) is 1.81. The monoisotopic (exact) mass is 297 g/mol. The normalized spacial score (nSPS) is 10.7. The fourth-order valence-corrected chi connectivity index (χ4v) is 1.65. The van der Waals surface area contributed by atoms with Crippen molar-refractivity contribution in [2.24, 2.45) is 0 Å². The van der Waals surface area contributed by atoms with Gasteiger partial charge >= 0.3 is 5.97 Å². The van der Waals surface area contributed by atoms with E-state index in [0.717, 1.165) is 12.8 Å². The molecule has 0 amide bonds. The summed E-state index contributed by atoms with van der Waals surface area (Å²) in [5, 5.41) is 3.20. The van der Waals surface area contributed by atoms with Crippen LogP contribution in [0.2, 0.25) is 0 Å². The summed E-state index contributed by atoms with van der Waals surface area (Å²) in [6.45, 7) is 6.76. The van der Waals surface area contributed by atoms with Gasteiger partial charge in [0.15, 0.2) is 6.61 Å². The average molecular weight is 297 g/mol. The molecule has 1 N–H and O–H groups in total. The molecule has 21 heavy (non-hydrogen) atoms. The minimum atomic E-state index is -0.407. The third-order valence-corrected chi connectivity index (χ3v) is 2.83. The highest BCUT2D eigenvalue weighted by atomic mass is 19.1. The van der Waals surface area contributed by atoms with Crippen LogP contribution >= 0.6 is 0 Å². The van der Waals surface area contributed by atoms with Gasteiger partial charge in [0.25, 0.3) is 0 Å². The maximum atomic E-state index is 13.3. The van der Waals surface area contributed by atoms with Crippen molar-refractivity contribution < 1.29 is 18.7 Å². The number of rotatable bonds is 9. The van der Waals surface area contributed by atoms with Crippen molar-refractivity contribution in [3.8, 4) is 5.75 Å². The Bertz CT molecular complexity index is 449. The Morgan fingerprint density at radius 2 is 2.14 bits per heavy atom. The van der Waals surface area contributed by atoms with E-state index in [1.807, 2.05) is 20.8 Å². The van der Waals surface area contributed by atoms with Crippen LogP contribution in [0.15, 0.2) is 18.2 Å². The number of benzene rings is 1. The zero-order chi connectivity index (χ0) is 15.7. The average Bonchev–Trinajstić information content (AvgIpc) is 2.44. The first-order valence-corrected chi connectivity index (χ1v) is 7.33. The van der Waals surface area contributed by atoms with E-state index in [1.165, 1.54) is 18.2 Å². The van der Waals surface area contributed by atoms with Gasteiger partial charge in [-0.05, 0) is 24.6 Å². The second kappa shape index (κ2) is 9.34. The summed E-state index contributed by atoms with van der Waals surface area (Å²) in [4.78, 5) is 11.5. The van der Waals surface area contributed by atoms with Crippen LogP contribution in [0.3, 0.4) is 0 Å². The molecule has 0 bridgehead atoms. The molecule has 0 saturated heterocycles. The molecule has 118 valence electrons. The maximum absolute atomic E-state index is 13.3. The summed E-state index contributed by atoms with van der Waals surface area (Å²) in [5.41, 5.74) is 0.685. The van der Waals surface area contributed by atoms with Gasteiger partial charge in [-0.15, -0.1) is 0 Å². The van der Waals surface area contributed by atoms with Gasteiger partial charge in [-0.3, -0.25) is 0 Å². The Labute approximate surface area is 125 Å². The predicted octanol–water partition coefficient (Wildman–Crippen LogP) is 3.05. The SMILES string of the molecule is CCCCOC(=O)COc1ccc(F)cc1CNC(C)C. The first kappa shape index (κ1) is 17.4. The zero-order valence-corrected chi connectivity index (χ0v) is 12.9. The van der Waals surface area contributed by atoms with Crippen molar-refractivity contribution in [2.45, 2.75) is 46.2 Å². The largest absolute Gasteiger partial charge is 0.482 e. The lowest BCUT2D eigenvalue weighted by molar-refractivity contribution is -0.146. The topological polar surface area (TPSA) is 47.6 Å². The molecule has 0 spiro atoms. The Kier molecular flexibility index (Phi) is 7.75. The van der Waals surface area contributed by atoms with Crippen LogP contribution in [0.5, 0.6) is 5.75 Å². The Balaban J connectivity index is 2.55. The highest BCUT2D eigenvalue weighted by Gasteiger charge is 2.09. The number of nitrogens with one attached hydrogen (secondary N) is 1. The lowest BCUT2D eigenvalue weighted by atomic mass is 10.2. The molecular formula is C16H24FNO3. The summed E-state index contributed by atoms with van der Waals surface area (Å²) in [7, 11) is 0. The van der Waals surface area contributed by atoms with E-state index in [9.17, 15) is 9.18 Å². The van der Waals surface area contributed by atoms with Gasteiger partial charge in [-0.25, -0.2) is 9.18 Å². The second-order valence-electron chi connectivity index (χ2n) is 5.15. The van der Waals surface area contributed by atoms with Gasteiger partial charge in [-0.2, -0.15) is 0 Å². The lowest BCUT2D eigenvalue weighted by Crippen LogP contribution is -2.23. The Morgan fingerprint density at radius 1 is 1.38 bits per heavy atom. The molecule has 0 saturated carbocycles. The summed E-state index contributed by atoms with van der Waals surface area (Å²) in [5.74, 6) is -0.235. The minimum absolute atomic E-state index is 0.163. The molecule has 0 aliphatic rings. The number of ether oxygens (including phenoxy) is 2. The smallest absolute Gasteiger partial charge is 0.344 e. The first-order valence-electron chi connectivity index (χ1n) is 7.33. The van der Waals surface area contributed by atoms with Gasteiger partial charge in [0.2, 0.25) is 0 Å². The van der Waals surface area contributed by atoms with Crippen molar-refractivity contribution in [3.63, 3.8) is 0 Å². The molecule has 5 heteroatoms. The number of carbonyl (C=O) groups excluding carboxylic acids is 1. The van der Waals surface area contributed by atoms with Gasteiger partial charge in [0.1, 0.15) is 11.6 Å². The first-order chi connectivity index (χ1) is 10.0. The number of esters is 1. The van der Waals surface area contributed by atoms with Crippen LogP contribution in [-0.2, 0) is 16.1 Å². The maximum Gasteiger partial charge on any atom is 0.344 e. The van der Waals surface area contributed by atoms with Gasteiger partial charge in [0.05, 0.1) is 6.61 Å². The number of halogens is 1. The van der Waals surface area contributed by atoms with E-state index < -0.39 is 5.97 Å². The Morgan fingerprint density at radius 3 is 2.81 bits per heavy atom. The fraction of sp³-hybridized carbons (Fsp3) is 0.562. The van der Waals surface area contributed by atoms with Crippen LogP contribution in [0.4, 0.5) is 4.39 Å². The molecule has 0 aliphatic carbocycles. The van der Waals surface area contributed by atoms with Crippen molar-refractivity contribution in [1.29, 1.82) is 0 Å². The van der Waals surface area contributed by atoms with Crippen molar-refractivity contribution in [3.05, 3.63) is 29.6 Å². The summed E-state index contributed by atoms with van der Waals surface area (Å²) in [6, 6.07) is 4.54. The van der Waals surface area contributed by atoms with Crippen LogP contribution in [0.1, 0.15) is 39.2 Å². The number of unbranched alkanes of at least 4 members (excludes halogenated alkanes) is 1. The van der Waals surface area contributed by atoms with Crippen molar-refractivity contribution >= 4 is 5.97 Å². The molecule has 4 nitrogen and oxygen atoms in total. The van der Waals surface area contributed by atoms with Crippen LogP contribution in [0.25, 0.3) is 0 Å². The molecule has 1 rings (SSSR count). The van der Waals surface area contributed by atoms with Gasteiger partial charge in [-0.1, -0.05) is 27.2 Å². The Hall–Kier alpha value is -1.62. The third-order valence-electron chi connectivity index (χ3n) is 2.83. The highest BCUT2D eigenvalue weighted by Crippen LogP contribution is 2.20. The van der Waals surface area contributed by atoms with E-state index in [1.54, 1.807) is 0 Å². The standard InChI is InChI=1S/C16H24FNO3/c1-4-5-8-20-16(19)11-21-15-7-6-14(17)9-13(15)10-18-12(2)3/h6-7,9,12,18H,4-5,8,10-11H2,1-3H3. The van der Waals surface area contributed by atoms with E-state index >= 15 is 0 Å². The second-order valence-corrected chi connectivity index (χ2v) is 5.15. The van der Waals surface area contributed by atoms with Crippen LogP contribution < -0.4 is 10.1 Å². The fourth-order valence-electron chi connectivity index (χ4n) is 1.65. The lowest BCUT2D eigenvalue weighted by Gasteiger charge is -2.13. The predicted molar refractivity (Wildman–Crippen MR) is 79.7 cm³/mol. The van der Waals surface area contributed by atoms with E-state index in [-0.39, 0.29) is 18.5 Å². The van der Waals surface area contributed by atoms with Gasteiger partial charge in [0, 0.05) is 18.2 Å². The molecule has 0 aliphatic heterocycles. The molecule has 1 aromatic rings. The van der Waals surface area contributed by atoms with Crippen molar-refractivity contribution in [2.75, 3.05) is 13.2 Å². The number of hydrogen-bond donors (Lipinski definition) is 1. The molecule has 0 fully saturated rings. The summed E-state index contributed by atoms with van der Waals surface area (Å²) >= 11 is 0. The quantitative estimate of drug-likeness (QED) is 0.562. The third kappa shape index (κ3) is 7.09. The number of hydrogen-bond acceptors (Lipinski definition) is 4. The minimum Gasteiger partial charge on any atom is -0.482 e. The molecule has 0 radical (unpaired) electrons. The summed E-state index contributed by atoms with van der Waals surface area (Å²) < 4.78 is 23.7. The van der Waals surface area contributed by atoms with Gasteiger partial charge < -0.3 is 14.8 Å². The number of carbonyl (C=O) groups is 1. The highest BCUT2D eigenvalue weighted by molar-refractivity contribution is 5.71. The molecule has 0 atom stereocenters. The molecule has 1 aromatic carbocycles.